The standard InChI is InChI=1S/C18H42N6/c1-16(19(4)5)10-22-13-23(11-17(2)20(6)7)15-24(14-22)12-18(3)21(8)9/h16-18H,10-15H2,1-9H3/t16-,17?,18?/m0/s1. The van der Waals surface area contributed by atoms with Crippen molar-refractivity contribution in [2.75, 3.05) is 81.9 Å². The Morgan fingerprint density at radius 2 is 0.750 bits per heavy atom. The molecule has 1 aliphatic heterocycles. The smallest absolute Gasteiger partial charge is 0.0531 e. The molecule has 2 unspecified atom stereocenters. The minimum Gasteiger partial charge on any atom is -0.305 e. The molecule has 1 saturated heterocycles. The molecule has 0 spiro atoms. The third-order valence-electron chi connectivity index (χ3n) is 5.41. The molecule has 6 heteroatoms. The molecule has 0 N–H and O–H groups in total. The van der Waals surface area contributed by atoms with E-state index in [0.717, 1.165) is 39.6 Å². The fourth-order valence-electron chi connectivity index (χ4n) is 2.94. The summed E-state index contributed by atoms with van der Waals surface area (Å²) in [6.07, 6.45) is 0. The van der Waals surface area contributed by atoms with E-state index in [-0.39, 0.29) is 0 Å². The van der Waals surface area contributed by atoms with Crippen molar-refractivity contribution in [3.8, 4) is 0 Å². The quantitative estimate of drug-likeness (QED) is 0.608. The van der Waals surface area contributed by atoms with Gasteiger partial charge in [0.1, 0.15) is 0 Å². The van der Waals surface area contributed by atoms with E-state index in [1.165, 1.54) is 0 Å². The van der Waals surface area contributed by atoms with Crippen LogP contribution >= 0.6 is 0 Å². The number of rotatable bonds is 9. The molecule has 0 aromatic rings. The van der Waals surface area contributed by atoms with Crippen LogP contribution in [0.1, 0.15) is 20.8 Å². The van der Waals surface area contributed by atoms with Crippen LogP contribution in [0.3, 0.4) is 0 Å². The van der Waals surface area contributed by atoms with Crippen LogP contribution in [0.15, 0.2) is 0 Å². The first-order chi connectivity index (χ1) is 11.1. The van der Waals surface area contributed by atoms with E-state index in [4.69, 9.17) is 0 Å². The lowest BCUT2D eigenvalue weighted by Gasteiger charge is -2.45. The van der Waals surface area contributed by atoms with Crippen LogP contribution in [0.5, 0.6) is 0 Å². The van der Waals surface area contributed by atoms with Crippen LogP contribution in [0.4, 0.5) is 0 Å². The van der Waals surface area contributed by atoms with Crippen molar-refractivity contribution in [3.63, 3.8) is 0 Å². The Bertz CT molecular complexity index is 288. The van der Waals surface area contributed by atoms with Gasteiger partial charge in [0, 0.05) is 37.8 Å². The molecule has 0 saturated carbocycles. The Kier molecular flexibility index (Phi) is 9.12. The number of hydrogen-bond donors (Lipinski definition) is 0. The second-order valence-corrected chi connectivity index (χ2v) is 8.42. The van der Waals surface area contributed by atoms with E-state index in [9.17, 15) is 0 Å². The second-order valence-electron chi connectivity index (χ2n) is 8.42. The SMILES string of the molecule is CC(CN1CN(CC(C)N(C)C)CN(C[C@H](C)N(C)C)C1)N(C)C. The van der Waals surface area contributed by atoms with Crippen LogP contribution in [0.2, 0.25) is 0 Å². The van der Waals surface area contributed by atoms with Gasteiger partial charge in [-0.05, 0) is 63.1 Å². The van der Waals surface area contributed by atoms with E-state index in [2.05, 4.69) is 92.5 Å². The molecule has 0 aromatic heterocycles. The van der Waals surface area contributed by atoms with E-state index in [1.54, 1.807) is 0 Å². The summed E-state index contributed by atoms with van der Waals surface area (Å²) in [5.41, 5.74) is 0. The molecule has 0 aromatic carbocycles. The van der Waals surface area contributed by atoms with Crippen LogP contribution in [0, 0.1) is 0 Å². The molecule has 0 bridgehead atoms. The molecule has 144 valence electrons. The first-order valence-electron chi connectivity index (χ1n) is 9.26. The van der Waals surface area contributed by atoms with E-state index in [0.29, 0.717) is 18.1 Å². The molecule has 1 aliphatic rings. The summed E-state index contributed by atoms with van der Waals surface area (Å²) in [5, 5.41) is 0. The Hall–Kier alpha value is -0.240. The van der Waals surface area contributed by atoms with Gasteiger partial charge >= 0.3 is 0 Å². The second kappa shape index (κ2) is 10.0. The minimum atomic E-state index is 0.573. The van der Waals surface area contributed by atoms with Gasteiger partial charge in [0.15, 0.2) is 0 Å². The van der Waals surface area contributed by atoms with E-state index in [1.807, 2.05) is 0 Å². The molecule has 6 nitrogen and oxygen atoms in total. The van der Waals surface area contributed by atoms with Crippen LogP contribution in [-0.4, -0.2) is 129 Å². The predicted molar refractivity (Wildman–Crippen MR) is 104 cm³/mol. The summed E-state index contributed by atoms with van der Waals surface area (Å²) < 4.78 is 0. The van der Waals surface area contributed by atoms with Crippen molar-refractivity contribution in [1.82, 2.24) is 29.4 Å². The third kappa shape index (κ3) is 7.33. The van der Waals surface area contributed by atoms with Gasteiger partial charge in [-0.15, -0.1) is 0 Å². The monoisotopic (exact) mass is 342 g/mol. The zero-order valence-corrected chi connectivity index (χ0v) is 17.7. The van der Waals surface area contributed by atoms with Gasteiger partial charge in [0.05, 0.1) is 20.0 Å². The van der Waals surface area contributed by atoms with Gasteiger partial charge in [-0.1, -0.05) is 0 Å². The molecule has 1 rings (SSSR count). The molecule has 1 heterocycles. The molecule has 1 fully saturated rings. The van der Waals surface area contributed by atoms with Crippen molar-refractivity contribution >= 4 is 0 Å². The average molecular weight is 343 g/mol. The van der Waals surface area contributed by atoms with Crippen LogP contribution in [-0.2, 0) is 0 Å². The minimum absolute atomic E-state index is 0.573. The molecular formula is C18H42N6. The summed E-state index contributed by atoms with van der Waals surface area (Å²) in [4.78, 5) is 14.7. The average Bonchev–Trinajstić information content (AvgIpc) is 2.46. The highest BCUT2D eigenvalue weighted by Gasteiger charge is 2.27. The molecular weight excluding hydrogens is 300 g/mol. The summed E-state index contributed by atoms with van der Waals surface area (Å²) >= 11 is 0. The van der Waals surface area contributed by atoms with E-state index < -0.39 is 0 Å². The topological polar surface area (TPSA) is 19.4 Å². The maximum absolute atomic E-state index is 2.60. The number of nitrogens with zero attached hydrogens (tertiary/aromatic N) is 6. The highest BCUT2D eigenvalue weighted by molar-refractivity contribution is 4.78. The molecule has 0 amide bonds. The van der Waals surface area contributed by atoms with Crippen molar-refractivity contribution in [2.45, 2.75) is 38.9 Å². The Morgan fingerprint density at radius 3 is 0.917 bits per heavy atom. The largest absolute Gasteiger partial charge is 0.305 e. The Morgan fingerprint density at radius 1 is 0.542 bits per heavy atom. The molecule has 3 atom stereocenters. The Balaban J connectivity index is 2.70. The van der Waals surface area contributed by atoms with E-state index >= 15 is 0 Å². The number of hydrogen-bond acceptors (Lipinski definition) is 6. The predicted octanol–water partition coefficient (Wildman–Crippen LogP) is 0.629. The molecule has 0 aliphatic carbocycles. The number of likely N-dealkylation sites (N-methyl/N-ethyl adjacent to an activating group) is 3. The van der Waals surface area contributed by atoms with Crippen molar-refractivity contribution in [1.29, 1.82) is 0 Å². The maximum Gasteiger partial charge on any atom is 0.0531 e. The van der Waals surface area contributed by atoms with Gasteiger partial charge in [-0.25, -0.2) is 0 Å². The summed E-state index contributed by atoms with van der Waals surface area (Å²) in [5.74, 6) is 0. The zero-order valence-electron chi connectivity index (χ0n) is 17.7. The first-order valence-corrected chi connectivity index (χ1v) is 9.26. The zero-order chi connectivity index (χ0) is 18.4. The normalized spacial score (nSPS) is 22.5. The highest BCUT2D eigenvalue weighted by atomic mass is 15.5. The van der Waals surface area contributed by atoms with Crippen LogP contribution in [0.25, 0.3) is 0 Å². The fourth-order valence-corrected chi connectivity index (χ4v) is 2.94. The van der Waals surface area contributed by atoms with Crippen molar-refractivity contribution < 1.29 is 0 Å². The molecule has 24 heavy (non-hydrogen) atoms. The fraction of sp³-hybridized carbons (Fsp3) is 1.00. The van der Waals surface area contributed by atoms with Crippen molar-refractivity contribution in [3.05, 3.63) is 0 Å². The van der Waals surface area contributed by atoms with Crippen molar-refractivity contribution in [2.24, 2.45) is 0 Å². The summed E-state index contributed by atoms with van der Waals surface area (Å²) in [6.45, 7) is 13.5. The highest BCUT2D eigenvalue weighted by Crippen LogP contribution is 2.12. The first kappa shape index (κ1) is 21.8. The lowest BCUT2D eigenvalue weighted by atomic mass is 10.2. The van der Waals surface area contributed by atoms with Gasteiger partial charge in [-0.2, -0.15) is 0 Å². The summed E-state index contributed by atoms with van der Waals surface area (Å²) in [6, 6.07) is 1.72. The maximum atomic E-state index is 2.60. The lowest BCUT2D eigenvalue weighted by molar-refractivity contribution is -0.0500. The third-order valence-corrected chi connectivity index (χ3v) is 5.41. The lowest BCUT2D eigenvalue weighted by Crippen LogP contribution is -2.60. The van der Waals surface area contributed by atoms with Crippen LogP contribution < -0.4 is 0 Å². The van der Waals surface area contributed by atoms with Gasteiger partial charge in [0.2, 0.25) is 0 Å². The summed E-state index contributed by atoms with van der Waals surface area (Å²) in [7, 11) is 13.0. The molecule has 0 radical (unpaired) electrons. The van der Waals surface area contributed by atoms with Gasteiger partial charge < -0.3 is 14.7 Å². The van der Waals surface area contributed by atoms with Gasteiger partial charge in [-0.3, -0.25) is 14.7 Å². The Labute approximate surface area is 150 Å². The van der Waals surface area contributed by atoms with Gasteiger partial charge in [0.25, 0.3) is 0 Å².